The van der Waals surface area contributed by atoms with Gasteiger partial charge < -0.3 is 0 Å². The summed E-state index contributed by atoms with van der Waals surface area (Å²) in [7, 11) is 2.06. The first kappa shape index (κ1) is 27.0. The summed E-state index contributed by atoms with van der Waals surface area (Å²) in [4.78, 5) is 0. The van der Waals surface area contributed by atoms with Crippen LogP contribution in [-0.2, 0) is 0 Å². The summed E-state index contributed by atoms with van der Waals surface area (Å²) >= 11 is 0. The molecular weight excluding hydrogens is 451 g/mol. The highest BCUT2D eigenvalue weighted by molar-refractivity contribution is 6.33. The van der Waals surface area contributed by atoms with Crippen molar-refractivity contribution in [2.75, 3.05) is 0 Å². The summed E-state index contributed by atoms with van der Waals surface area (Å²) in [6, 6.07) is 17.8. The summed E-state index contributed by atoms with van der Waals surface area (Å²) < 4.78 is 4.07. The Kier molecular flexibility index (Phi) is 7.82. The molecule has 0 aliphatic carbocycles. The predicted octanol–water partition coefficient (Wildman–Crippen LogP) is 8.45. The first-order valence-electron chi connectivity index (χ1n) is 13.7. The Balaban J connectivity index is 1.92. The van der Waals surface area contributed by atoms with Crippen molar-refractivity contribution in [3.05, 3.63) is 82.2 Å². The van der Waals surface area contributed by atoms with Crippen molar-refractivity contribution in [1.29, 1.82) is 0 Å². The molecule has 193 valence electrons. The molecular formula is C32H42BN4. The molecule has 0 spiro atoms. The van der Waals surface area contributed by atoms with Crippen molar-refractivity contribution in [2.45, 2.75) is 92.9 Å². The van der Waals surface area contributed by atoms with E-state index in [9.17, 15) is 0 Å². The van der Waals surface area contributed by atoms with Gasteiger partial charge in [0.05, 0.1) is 22.8 Å². The fraction of sp³-hybridized carbons (Fsp3) is 0.438. The second-order valence-corrected chi connectivity index (χ2v) is 11.6. The van der Waals surface area contributed by atoms with Crippen molar-refractivity contribution in [3.63, 3.8) is 0 Å². The Morgan fingerprint density at radius 3 is 1.11 bits per heavy atom. The highest BCUT2D eigenvalue weighted by Crippen LogP contribution is 2.38. The van der Waals surface area contributed by atoms with Crippen LogP contribution in [0.15, 0.2) is 48.5 Å². The highest BCUT2D eigenvalue weighted by Gasteiger charge is 2.24. The molecule has 4 rings (SSSR count). The normalized spacial score (nSPS) is 11.9. The molecule has 0 saturated carbocycles. The minimum absolute atomic E-state index is 0.409. The van der Waals surface area contributed by atoms with Crippen LogP contribution in [0.25, 0.3) is 22.5 Å². The topological polar surface area (TPSA) is 35.6 Å². The minimum Gasteiger partial charge on any atom is -0.285 e. The number of rotatable bonds is 8. The molecule has 5 heteroatoms. The largest absolute Gasteiger partial charge is 0.438 e. The zero-order valence-electron chi connectivity index (χ0n) is 24.3. The summed E-state index contributed by atoms with van der Waals surface area (Å²) in [6.07, 6.45) is 0. The van der Waals surface area contributed by atoms with E-state index in [2.05, 4.69) is 125 Å². The molecule has 0 N–H and O–H groups in total. The van der Waals surface area contributed by atoms with Crippen molar-refractivity contribution >= 4 is 7.55 Å². The maximum absolute atomic E-state index is 4.94. The van der Waals surface area contributed by atoms with Crippen LogP contribution < -0.4 is 0 Å². The van der Waals surface area contributed by atoms with E-state index in [1.54, 1.807) is 0 Å². The highest BCUT2D eigenvalue weighted by atomic mass is 15.3. The first-order chi connectivity index (χ1) is 17.5. The molecule has 0 saturated heterocycles. The average molecular weight is 494 g/mol. The molecule has 0 fully saturated rings. The molecule has 4 aromatic rings. The lowest BCUT2D eigenvalue weighted by atomic mass is 9.86. The van der Waals surface area contributed by atoms with Gasteiger partial charge in [0.1, 0.15) is 0 Å². The average Bonchev–Trinajstić information content (AvgIpc) is 3.38. The van der Waals surface area contributed by atoms with E-state index in [0.29, 0.717) is 23.7 Å². The van der Waals surface area contributed by atoms with Crippen LogP contribution in [0, 0.1) is 13.8 Å². The summed E-state index contributed by atoms with van der Waals surface area (Å²) in [6.45, 7) is 22.3. The van der Waals surface area contributed by atoms with E-state index in [1.807, 2.05) is 9.19 Å². The standard InChI is InChI=1S/C32H42BN4/c1-19(2)25-13-11-14-26(20(3)4)31(25)29-17-23(9)34-36(29)33-37-30(18-24(10)35-37)32-27(21(5)6)15-12-16-28(32)22(7)8/h11-22H,1-10H3. The van der Waals surface area contributed by atoms with E-state index in [-0.39, 0.29) is 0 Å². The predicted molar refractivity (Wildman–Crippen MR) is 158 cm³/mol. The van der Waals surface area contributed by atoms with Crippen LogP contribution in [0.5, 0.6) is 0 Å². The lowest BCUT2D eigenvalue weighted by molar-refractivity contribution is 0.822. The lowest BCUT2D eigenvalue weighted by Gasteiger charge is -2.22. The fourth-order valence-electron chi connectivity index (χ4n) is 5.38. The van der Waals surface area contributed by atoms with Gasteiger partial charge >= 0.3 is 7.55 Å². The van der Waals surface area contributed by atoms with Crippen LogP contribution in [-0.4, -0.2) is 26.9 Å². The van der Waals surface area contributed by atoms with Crippen LogP contribution in [0.3, 0.4) is 0 Å². The first-order valence-corrected chi connectivity index (χ1v) is 13.7. The van der Waals surface area contributed by atoms with Gasteiger partial charge in [-0.2, -0.15) is 10.2 Å². The fourth-order valence-corrected chi connectivity index (χ4v) is 5.38. The third-order valence-electron chi connectivity index (χ3n) is 7.19. The molecule has 0 aliphatic heterocycles. The molecule has 2 heterocycles. The third-order valence-corrected chi connectivity index (χ3v) is 7.19. The second-order valence-electron chi connectivity index (χ2n) is 11.6. The van der Waals surface area contributed by atoms with Crippen molar-refractivity contribution in [2.24, 2.45) is 0 Å². The lowest BCUT2D eigenvalue weighted by Crippen LogP contribution is -2.22. The van der Waals surface area contributed by atoms with Gasteiger partial charge in [0.15, 0.2) is 0 Å². The van der Waals surface area contributed by atoms with E-state index < -0.39 is 0 Å². The maximum Gasteiger partial charge on any atom is 0.438 e. The van der Waals surface area contributed by atoms with E-state index in [0.717, 1.165) is 22.8 Å². The molecule has 37 heavy (non-hydrogen) atoms. The minimum atomic E-state index is 0.409. The van der Waals surface area contributed by atoms with Crippen LogP contribution in [0.2, 0.25) is 0 Å². The Bertz CT molecular complexity index is 1230. The maximum atomic E-state index is 4.94. The van der Waals surface area contributed by atoms with Gasteiger partial charge in [-0.3, -0.25) is 9.19 Å². The van der Waals surface area contributed by atoms with Gasteiger partial charge in [0.25, 0.3) is 0 Å². The van der Waals surface area contributed by atoms with E-state index in [1.165, 1.54) is 33.4 Å². The number of hydrogen-bond acceptors (Lipinski definition) is 2. The van der Waals surface area contributed by atoms with Crippen LogP contribution in [0.4, 0.5) is 0 Å². The van der Waals surface area contributed by atoms with Crippen molar-refractivity contribution < 1.29 is 0 Å². The summed E-state index contributed by atoms with van der Waals surface area (Å²) in [5.74, 6) is 1.63. The Morgan fingerprint density at radius 1 is 0.541 bits per heavy atom. The zero-order valence-corrected chi connectivity index (χ0v) is 24.3. The van der Waals surface area contributed by atoms with Crippen LogP contribution >= 0.6 is 0 Å². The van der Waals surface area contributed by atoms with Gasteiger partial charge in [-0.15, -0.1) is 0 Å². The summed E-state index contributed by atoms with van der Waals surface area (Å²) in [5.41, 5.74) is 12.2. The Labute approximate surface area is 224 Å². The molecule has 1 radical (unpaired) electrons. The molecule has 2 aromatic heterocycles. The quantitative estimate of drug-likeness (QED) is 0.231. The second kappa shape index (κ2) is 10.7. The Hall–Kier alpha value is -3.08. The number of aromatic nitrogens is 4. The molecule has 0 unspecified atom stereocenters. The smallest absolute Gasteiger partial charge is 0.285 e. The Morgan fingerprint density at radius 2 is 0.838 bits per heavy atom. The third kappa shape index (κ3) is 5.32. The monoisotopic (exact) mass is 493 g/mol. The molecule has 2 aromatic carbocycles. The van der Waals surface area contributed by atoms with Crippen molar-refractivity contribution in [1.82, 2.24) is 19.4 Å². The summed E-state index contributed by atoms with van der Waals surface area (Å²) in [5, 5.41) is 9.89. The van der Waals surface area contributed by atoms with Gasteiger partial charge in [-0.1, -0.05) is 91.8 Å². The molecule has 0 bridgehead atoms. The number of benzene rings is 2. The van der Waals surface area contributed by atoms with Gasteiger partial charge in [0, 0.05) is 11.1 Å². The van der Waals surface area contributed by atoms with Gasteiger partial charge in [-0.05, 0) is 71.9 Å². The van der Waals surface area contributed by atoms with Gasteiger partial charge in [-0.25, -0.2) is 0 Å². The van der Waals surface area contributed by atoms with Gasteiger partial charge in [0.2, 0.25) is 0 Å². The molecule has 0 atom stereocenters. The molecule has 0 aliphatic rings. The van der Waals surface area contributed by atoms with E-state index >= 15 is 0 Å². The zero-order chi connectivity index (χ0) is 27.0. The molecule has 4 nitrogen and oxygen atoms in total. The molecule has 0 amide bonds. The van der Waals surface area contributed by atoms with Crippen molar-refractivity contribution in [3.8, 4) is 22.5 Å². The number of hydrogen-bond donors (Lipinski definition) is 0. The van der Waals surface area contributed by atoms with Crippen LogP contribution in [0.1, 0.15) is 113 Å². The number of aryl methyl sites for hydroxylation is 2. The number of nitrogens with zero attached hydrogens (tertiary/aromatic N) is 4. The van der Waals surface area contributed by atoms with E-state index in [4.69, 9.17) is 10.2 Å². The SMILES string of the molecule is Cc1cc(-c2c(C(C)C)cccc2C(C)C)n([B]n2nc(C)cc2-c2c(C(C)C)cccc2C(C)C)n1.